The van der Waals surface area contributed by atoms with Gasteiger partial charge < -0.3 is 5.73 Å². The second-order valence-corrected chi connectivity index (χ2v) is 7.63. The van der Waals surface area contributed by atoms with Crippen molar-refractivity contribution in [2.75, 3.05) is 4.72 Å². The number of halogens is 1. The number of carbonyl (C=O) groups excluding carboxylic acids is 1. The predicted octanol–water partition coefficient (Wildman–Crippen LogP) is 2.13. The lowest BCUT2D eigenvalue weighted by Crippen LogP contribution is -2.20. The Hall–Kier alpha value is -2.27. The van der Waals surface area contributed by atoms with Crippen molar-refractivity contribution in [1.29, 1.82) is 0 Å². The van der Waals surface area contributed by atoms with Crippen molar-refractivity contribution in [3.63, 3.8) is 0 Å². The van der Waals surface area contributed by atoms with Gasteiger partial charge in [-0.1, -0.05) is 12.1 Å². The number of amides is 1. The fourth-order valence-corrected chi connectivity index (χ4v) is 4.29. The maximum Gasteiger partial charge on any atom is 0.264 e. The van der Waals surface area contributed by atoms with Gasteiger partial charge in [-0.15, -0.1) is 0 Å². The number of hydrogen-bond donors (Lipinski definition) is 2. The summed E-state index contributed by atoms with van der Waals surface area (Å²) in [6, 6.07) is 9.44. The van der Waals surface area contributed by atoms with Gasteiger partial charge in [0.05, 0.1) is 16.8 Å². The zero-order chi connectivity index (χ0) is 17.3. The molecule has 9 heteroatoms. The van der Waals surface area contributed by atoms with Crippen LogP contribution in [-0.2, 0) is 10.0 Å². The molecule has 1 amide bonds. The smallest absolute Gasteiger partial charge is 0.264 e. The first-order chi connectivity index (χ1) is 11.4. The number of fused-ring (bicyclic) bond motifs is 1. The van der Waals surface area contributed by atoms with E-state index in [2.05, 4.69) is 14.7 Å². The summed E-state index contributed by atoms with van der Waals surface area (Å²) in [5.41, 5.74) is 6.28. The summed E-state index contributed by atoms with van der Waals surface area (Å²) in [4.78, 5) is 19.7. The molecule has 3 N–H and O–H groups in total. The third-order valence-corrected chi connectivity index (χ3v) is 5.55. The number of carbonyl (C=O) groups is 1. The molecule has 3 rings (SSSR count). The Bertz CT molecular complexity index is 1050. The van der Waals surface area contributed by atoms with Crippen LogP contribution in [-0.4, -0.2) is 24.3 Å². The van der Waals surface area contributed by atoms with Crippen molar-refractivity contribution in [3.8, 4) is 0 Å². The SMILES string of the molecule is NC(=O)c1cccc(I)c1NS(=O)(=O)c1cccc2nccnc12. The summed E-state index contributed by atoms with van der Waals surface area (Å²) < 4.78 is 28.6. The molecule has 0 saturated heterocycles. The maximum atomic E-state index is 12.8. The number of benzene rings is 2. The fourth-order valence-electron chi connectivity index (χ4n) is 2.21. The van der Waals surface area contributed by atoms with Crippen LogP contribution < -0.4 is 10.5 Å². The molecule has 0 radical (unpaired) electrons. The van der Waals surface area contributed by atoms with Crippen LogP contribution in [0, 0.1) is 3.57 Å². The molecule has 0 atom stereocenters. The first kappa shape index (κ1) is 16.6. The van der Waals surface area contributed by atoms with Gasteiger partial charge >= 0.3 is 0 Å². The van der Waals surface area contributed by atoms with Crippen LogP contribution in [0.2, 0.25) is 0 Å². The lowest BCUT2D eigenvalue weighted by atomic mass is 10.2. The summed E-state index contributed by atoms with van der Waals surface area (Å²) in [5, 5.41) is 0. The van der Waals surface area contributed by atoms with Crippen molar-refractivity contribution in [2.45, 2.75) is 4.90 Å². The first-order valence-corrected chi connectivity index (χ1v) is 9.27. The van der Waals surface area contributed by atoms with E-state index in [1.807, 2.05) is 22.6 Å². The Balaban J connectivity index is 2.15. The van der Waals surface area contributed by atoms with Crippen LogP contribution in [0.3, 0.4) is 0 Å². The maximum absolute atomic E-state index is 12.8. The van der Waals surface area contributed by atoms with Crippen molar-refractivity contribution >= 4 is 55.2 Å². The van der Waals surface area contributed by atoms with Crippen LogP contribution in [0.1, 0.15) is 10.4 Å². The van der Waals surface area contributed by atoms with Gasteiger partial charge in [0.25, 0.3) is 15.9 Å². The third-order valence-electron chi connectivity index (χ3n) is 3.27. The molecule has 3 aromatic rings. The number of hydrogen-bond acceptors (Lipinski definition) is 5. The van der Waals surface area contributed by atoms with E-state index in [9.17, 15) is 13.2 Å². The van der Waals surface area contributed by atoms with E-state index in [0.717, 1.165) is 0 Å². The Kier molecular flexibility index (Phi) is 4.37. The highest BCUT2D eigenvalue weighted by Crippen LogP contribution is 2.27. The highest BCUT2D eigenvalue weighted by Gasteiger charge is 2.22. The molecule has 7 nitrogen and oxygen atoms in total. The average Bonchev–Trinajstić information content (AvgIpc) is 2.55. The van der Waals surface area contributed by atoms with E-state index in [-0.39, 0.29) is 21.7 Å². The van der Waals surface area contributed by atoms with Gasteiger partial charge in [0.2, 0.25) is 0 Å². The Morgan fingerprint density at radius 1 is 1.08 bits per heavy atom. The van der Waals surface area contributed by atoms with E-state index < -0.39 is 15.9 Å². The quantitative estimate of drug-likeness (QED) is 0.587. The van der Waals surface area contributed by atoms with Gasteiger partial charge in [-0.05, 0) is 46.9 Å². The van der Waals surface area contributed by atoms with Gasteiger partial charge in [-0.2, -0.15) is 0 Å². The van der Waals surface area contributed by atoms with Crippen molar-refractivity contribution in [1.82, 2.24) is 9.97 Å². The monoisotopic (exact) mass is 454 g/mol. The van der Waals surface area contributed by atoms with E-state index in [1.165, 1.54) is 24.5 Å². The number of rotatable bonds is 4. The van der Waals surface area contributed by atoms with Gasteiger partial charge in [0.1, 0.15) is 10.4 Å². The lowest BCUT2D eigenvalue weighted by Gasteiger charge is -2.13. The molecule has 24 heavy (non-hydrogen) atoms. The zero-order valence-corrected chi connectivity index (χ0v) is 15.1. The highest BCUT2D eigenvalue weighted by atomic mass is 127. The molecule has 2 aromatic carbocycles. The molecule has 0 bridgehead atoms. The number of sulfonamides is 1. The van der Waals surface area contributed by atoms with Crippen LogP contribution in [0.25, 0.3) is 11.0 Å². The first-order valence-electron chi connectivity index (χ1n) is 6.71. The lowest BCUT2D eigenvalue weighted by molar-refractivity contribution is 0.100. The van der Waals surface area contributed by atoms with Crippen molar-refractivity contribution in [3.05, 3.63) is 57.9 Å². The van der Waals surface area contributed by atoms with Gasteiger partial charge in [0.15, 0.2) is 0 Å². The van der Waals surface area contributed by atoms with Gasteiger partial charge in [-0.25, -0.2) is 8.42 Å². The van der Waals surface area contributed by atoms with Crippen LogP contribution in [0.15, 0.2) is 53.7 Å². The summed E-state index contributed by atoms with van der Waals surface area (Å²) in [5.74, 6) is -0.719. The minimum atomic E-state index is -3.98. The second-order valence-electron chi connectivity index (χ2n) is 4.81. The van der Waals surface area contributed by atoms with Crippen LogP contribution in [0.4, 0.5) is 5.69 Å². The molecule has 0 aliphatic rings. The van der Waals surface area contributed by atoms with E-state index in [4.69, 9.17) is 5.73 Å². The summed E-state index contributed by atoms with van der Waals surface area (Å²) in [7, 11) is -3.98. The number of nitrogens with one attached hydrogen (secondary N) is 1. The molecule has 1 aromatic heterocycles. The Labute approximate surface area is 151 Å². The largest absolute Gasteiger partial charge is 0.366 e. The average molecular weight is 454 g/mol. The number of para-hydroxylation sites is 2. The highest BCUT2D eigenvalue weighted by molar-refractivity contribution is 14.1. The number of nitrogens with two attached hydrogens (primary N) is 1. The number of nitrogens with zero attached hydrogens (tertiary/aromatic N) is 2. The second kappa shape index (κ2) is 6.32. The van der Waals surface area contributed by atoms with Crippen LogP contribution >= 0.6 is 22.6 Å². The number of anilines is 1. The predicted molar refractivity (Wildman–Crippen MR) is 98.0 cm³/mol. The van der Waals surface area contributed by atoms with E-state index in [0.29, 0.717) is 9.09 Å². The third kappa shape index (κ3) is 3.04. The summed E-state index contributed by atoms with van der Waals surface area (Å²) in [6.07, 6.45) is 2.90. The Morgan fingerprint density at radius 3 is 2.54 bits per heavy atom. The summed E-state index contributed by atoms with van der Waals surface area (Å²) in [6.45, 7) is 0. The topological polar surface area (TPSA) is 115 Å². The molecular weight excluding hydrogens is 443 g/mol. The molecule has 0 spiro atoms. The minimum absolute atomic E-state index is 0.0248. The van der Waals surface area contributed by atoms with E-state index >= 15 is 0 Å². The van der Waals surface area contributed by atoms with E-state index in [1.54, 1.807) is 24.3 Å². The van der Waals surface area contributed by atoms with Crippen LogP contribution in [0.5, 0.6) is 0 Å². The molecule has 0 unspecified atom stereocenters. The summed E-state index contributed by atoms with van der Waals surface area (Å²) >= 11 is 1.93. The molecular formula is C15H11IN4O3S. The minimum Gasteiger partial charge on any atom is -0.366 e. The molecule has 122 valence electrons. The van der Waals surface area contributed by atoms with Gasteiger partial charge in [-0.3, -0.25) is 19.5 Å². The zero-order valence-electron chi connectivity index (χ0n) is 12.1. The van der Waals surface area contributed by atoms with Crippen molar-refractivity contribution in [2.24, 2.45) is 5.73 Å². The number of aromatic nitrogens is 2. The molecule has 0 aliphatic heterocycles. The fraction of sp³-hybridized carbons (Fsp3) is 0. The normalized spacial score (nSPS) is 11.4. The van der Waals surface area contributed by atoms with Crippen molar-refractivity contribution < 1.29 is 13.2 Å². The Morgan fingerprint density at radius 2 is 1.79 bits per heavy atom. The molecule has 0 saturated carbocycles. The molecule has 1 heterocycles. The molecule has 0 aliphatic carbocycles. The molecule has 0 fully saturated rings. The van der Waals surface area contributed by atoms with Gasteiger partial charge in [0, 0.05) is 16.0 Å². The standard InChI is InChI=1S/C15H11IN4O3S/c16-10-4-1-3-9(15(17)21)13(10)20-24(22,23)12-6-2-5-11-14(12)19-8-7-18-11/h1-8,20H,(H2,17,21). The number of primary amides is 1.